The number of aryl methyl sites for hydroxylation is 2. The van der Waals surface area contributed by atoms with Crippen molar-refractivity contribution >= 4 is 22.1 Å². The maximum Gasteiger partial charge on any atom is 0.143 e. The molecule has 0 bridgehead atoms. The van der Waals surface area contributed by atoms with Gasteiger partial charge in [0.2, 0.25) is 0 Å². The quantitative estimate of drug-likeness (QED) is 0.158. The van der Waals surface area contributed by atoms with Gasteiger partial charge in [0.05, 0.1) is 39.5 Å². The molecule has 0 amide bonds. The molecule has 5 aromatic heterocycles. The van der Waals surface area contributed by atoms with Crippen LogP contribution in [0.5, 0.6) is 11.5 Å². The summed E-state index contributed by atoms with van der Waals surface area (Å²) in [6.07, 6.45) is 8.63. The third-order valence-electron chi connectivity index (χ3n) is 13.0. The topological polar surface area (TPSA) is 128 Å². The Bertz CT molecular complexity index is 3230. The van der Waals surface area contributed by atoms with Crippen LogP contribution < -0.4 is 0 Å². The Morgan fingerprint density at radius 2 is 0.829 bits per heavy atom. The summed E-state index contributed by atoms with van der Waals surface area (Å²) in [5.74, 6) is 1.85. The van der Waals surface area contributed by atoms with E-state index >= 15 is 0 Å². The molecule has 0 radical (unpaired) electrons. The second kappa shape index (κ2) is 18.7. The van der Waals surface area contributed by atoms with Crippen LogP contribution in [0.4, 0.5) is 0 Å². The predicted molar refractivity (Wildman–Crippen MR) is 275 cm³/mol. The molecular formula is C58H60N8O2Pt2-2. The number of para-hydroxylation sites is 2. The fraction of sp³-hybridized carbons (Fsp3) is 0.310. The van der Waals surface area contributed by atoms with E-state index in [-0.39, 0.29) is 75.3 Å². The first-order valence-corrected chi connectivity index (χ1v) is 23.2. The van der Waals surface area contributed by atoms with Gasteiger partial charge >= 0.3 is 0 Å². The van der Waals surface area contributed by atoms with Crippen molar-refractivity contribution in [3.8, 4) is 79.0 Å². The number of hydrogen-bond donors (Lipinski definition) is 2. The molecule has 12 heteroatoms. The number of imidazole rings is 2. The number of nitrogens with zero attached hydrogens (tertiary/aromatic N) is 8. The van der Waals surface area contributed by atoms with Crippen LogP contribution in [0.25, 0.3) is 89.6 Å². The Labute approximate surface area is 440 Å². The largest absolute Gasteiger partial charge is 0.507 e. The Morgan fingerprint density at radius 3 is 1.19 bits per heavy atom. The maximum atomic E-state index is 11.8. The van der Waals surface area contributed by atoms with Crippen molar-refractivity contribution in [1.82, 2.24) is 39.0 Å². The van der Waals surface area contributed by atoms with Crippen molar-refractivity contribution in [3.05, 3.63) is 132 Å². The molecule has 0 atom stereocenters. The summed E-state index contributed by atoms with van der Waals surface area (Å²) in [7, 11) is 3.98. The summed E-state index contributed by atoms with van der Waals surface area (Å²) in [5.41, 5.74) is 13.9. The van der Waals surface area contributed by atoms with Crippen LogP contribution in [0.15, 0.2) is 97.8 Å². The molecular weight excluding hydrogens is 1230 g/mol. The van der Waals surface area contributed by atoms with Crippen LogP contribution in [0.2, 0.25) is 0 Å². The molecule has 366 valence electrons. The molecule has 70 heavy (non-hydrogen) atoms. The van der Waals surface area contributed by atoms with Crippen LogP contribution in [0.1, 0.15) is 105 Å². The van der Waals surface area contributed by atoms with Gasteiger partial charge in [-0.2, -0.15) is 0 Å². The average Bonchev–Trinajstić information content (AvgIpc) is 3.80. The first kappa shape index (κ1) is 52.0. The number of hydrogen-bond acceptors (Lipinski definition) is 8. The van der Waals surface area contributed by atoms with Crippen LogP contribution in [-0.2, 0) is 77.9 Å². The fourth-order valence-corrected chi connectivity index (χ4v) is 8.94. The third kappa shape index (κ3) is 9.54. The summed E-state index contributed by atoms with van der Waals surface area (Å²) in [6, 6.07) is 29.7. The van der Waals surface area contributed by atoms with Gasteiger partial charge in [0.25, 0.3) is 0 Å². The van der Waals surface area contributed by atoms with Gasteiger partial charge in [-0.25, -0.2) is 9.97 Å². The second-order valence-electron chi connectivity index (χ2n) is 22.2. The number of pyridine rings is 2. The monoisotopic (exact) mass is 1290 g/mol. The number of aromatic hydroxyl groups is 2. The molecule has 0 aliphatic heterocycles. The minimum atomic E-state index is -0.280. The Balaban J connectivity index is 0.00000361. The standard InChI is InChI=1S/C58H60N8O2.2Pt/c1-55(2,3)37-23-41(51(67)43(25-37)57(7,8)9)53-63-49-39(17-15-19-47(49)65(53)13)33-21-35(30-59-28-33)45-27-46(62-32-61-45)36-22-34(29-60-31-36)40-18-16-20-48-50(40)64-54(66(48)14)42-24-38(56(4,5)6)26-44(52(42)68)58(10,11)12;;/h15-20,23-32,67-68H,1-14H3;;/q-2;;. The number of benzene rings is 4. The summed E-state index contributed by atoms with van der Waals surface area (Å²) in [4.78, 5) is 29.1. The minimum Gasteiger partial charge on any atom is -0.507 e. The molecule has 10 nitrogen and oxygen atoms in total. The van der Waals surface area contributed by atoms with Crippen molar-refractivity contribution in [3.63, 3.8) is 0 Å². The zero-order valence-electron chi connectivity index (χ0n) is 42.3. The predicted octanol–water partition coefficient (Wildman–Crippen LogP) is 13.2. The van der Waals surface area contributed by atoms with Crippen molar-refractivity contribution in [2.75, 3.05) is 0 Å². The molecule has 9 aromatic rings. The molecule has 2 N–H and O–H groups in total. The van der Waals surface area contributed by atoms with E-state index in [1.165, 1.54) is 6.33 Å². The molecule has 5 heterocycles. The SMILES string of the molecule is Cn1c(-c2cc(C(C)(C)C)cc(C(C)(C)C)c2O)nc2c(-c3[c-]c(-c4cc(-c5[c-]c(-c6cccc7c6nc(-c6cc(C(C)(C)C)cc(C(C)(C)C)c6O)n7C)cnc5)ncn4)cnc3)cccc21.[Pt].[Pt]. The Morgan fingerprint density at radius 1 is 0.457 bits per heavy atom. The maximum absolute atomic E-state index is 11.8. The van der Waals surface area contributed by atoms with E-state index in [1.807, 2.05) is 65.7 Å². The van der Waals surface area contributed by atoms with Crippen molar-refractivity contribution in [2.45, 2.75) is 105 Å². The number of rotatable bonds is 6. The van der Waals surface area contributed by atoms with E-state index in [9.17, 15) is 10.2 Å². The first-order chi connectivity index (χ1) is 31.9. The molecule has 0 spiro atoms. The number of phenolic OH excluding ortho intramolecular Hbond substituents is 2. The normalized spacial score (nSPS) is 12.3. The molecule has 0 aliphatic carbocycles. The van der Waals surface area contributed by atoms with Crippen LogP contribution >= 0.6 is 0 Å². The van der Waals surface area contributed by atoms with Gasteiger partial charge in [0.15, 0.2) is 0 Å². The van der Waals surface area contributed by atoms with Crippen molar-refractivity contribution < 1.29 is 52.3 Å². The summed E-state index contributed by atoms with van der Waals surface area (Å²) >= 11 is 0. The molecule has 4 aromatic carbocycles. The van der Waals surface area contributed by atoms with Gasteiger partial charge in [-0.1, -0.05) is 159 Å². The smallest absolute Gasteiger partial charge is 0.143 e. The van der Waals surface area contributed by atoms with E-state index < -0.39 is 0 Å². The molecule has 0 saturated carbocycles. The van der Waals surface area contributed by atoms with Gasteiger partial charge in [0.1, 0.15) is 23.1 Å². The molecule has 0 saturated heterocycles. The van der Waals surface area contributed by atoms with Gasteiger partial charge in [0, 0.05) is 78.7 Å². The molecule has 0 aliphatic rings. The summed E-state index contributed by atoms with van der Waals surface area (Å²) < 4.78 is 4.09. The van der Waals surface area contributed by atoms with E-state index in [1.54, 1.807) is 24.8 Å². The Kier molecular flexibility index (Phi) is 13.9. The zero-order valence-corrected chi connectivity index (χ0v) is 46.9. The zero-order chi connectivity index (χ0) is 48.8. The number of fused-ring (bicyclic) bond motifs is 2. The van der Waals surface area contributed by atoms with E-state index in [0.717, 1.165) is 66.6 Å². The number of phenols is 2. The van der Waals surface area contributed by atoms with E-state index in [4.69, 9.17) is 9.97 Å². The fourth-order valence-electron chi connectivity index (χ4n) is 8.94. The molecule has 0 unspecified atom stereocenters. The van der Waals surface area contributed by atoms with Crippen LogP contribution in [0.3, 0.4) is 0 Å². The minimum absolute atomic E-state index is 0. The molecule has 9 rings (SSSR count). The second-order valence-corrected chi connectivity index (χ2v) is 22.2. The van der Waals surface area contributed by atoms with Crippen molar-refractivity contribution in [2.24, 2.45) is 14.1 Å². The first-order valence-electron chi connectivity index (χ1n) is 23.2. The van der Waals surface area contributed by atoms with Gasteiger partial charge in [-0.15, -0.1) is 12.1 Å². The molecule has 0 fully saturated rings. The summed E-state index contributed by atoms with van der Waals surface area (Å²) in [6.45, 7) is 25.9. The van der Waals surface area contributed by atoms with Gasteiger partial charge in [-0.05, 0) is 81.8 Å². The number of aromatic nitrogens is 8. The van der Waals surface area contributed by atoms with Gasteiger partial charge < -0.3 is 29.3 Å². The van der Waals surface area contributed by atoms with Gasteiger partial charge in [-0.3, -0.25) is 9.97 Å². The van der Waals surface area contributed by atoms with Crippen molar-refractivity contribution in [1.29, 1.82) is 0 Å². The van der Waals surface area contributed by atoms with E-state index in [2.05, 4.69) is 139 Å². The van der Waals surface area contributed by atoms with Crippen LogP contribution in [0, 0.1) is 12.1 Å². The summed E-state index contributed by atoms with van der Waals surface area (Å²) in [5, 5.41) is 23.6. The average molecular weight is 1290 g/mol. The van der Waals surface area contributed by atoms with Crippen LogP contribution in [-0.4, -0.2) is 49.3 Å². The third-order valence-corrected chi connectivity index (χ3v) is 13.0. The van der Waals surface area contributed by atoms with E-state index in [0.29, 0.717) is 45.3 Å². The Hall–Kier alpha value is -5.82.